The maximum Gasteiger partial charge on any atom is 0.162 e. The van der Waals surface area contributed by atoms with Crippen LogP contribution >= 0.6 is 0 Å². The molecule has 0 aliphatic carbocycles. The van der Waals surface area contributed by atoms with Crippen molar-refractivity contribution < 1.29 is 0 Å². The number of fused-ring (bicyclic) bond motifs is 12. The minimum Gasteiger partial charge on any atom is -0.196 e. The van der Waals surface area contributed by atoms with Gasteiger partial charge in [-0.25, -0.2) is 0 Å². The highest BCUT2D eigenvalue weighted by molar-refractivity contribution is 6.15. The normalized spacial score (nSPS) is 12.2. The summed E-state index contributed by atoms with van der Waals surface area (Å²) in [5.41, 5.74) is 8.51. The summed E-state index contributed by atoms with van der Waals surface area (Å²) >= 11 is 0. The highest BCUT2D eigenvalue weighted by atomic mass is 15.4. The summed E-state index contributed by atoms with van der Waals surface area (Å²) in [5, 5.41) is 30.4. The lowest BCUT2D eigenvalue weighted by Gasteiger charge is -2.09. The van der Waals surface area contributed by atoms with E-state index >= 15 is 0 Å². The van der Waals surface area contributed by atoms with Crippen molar-refractivity contribution in [2.75, 3.05) is 0 Å². The SMILES string of the molecule is c1ccc2c(-c3cc4n(n3)c3cc(-c5c6ccccc6cc6ccccc56)nn3c3cc(-c5c6ccccc6cc6ccccc56)nn43)c3ccccc3cc2c1. The first-order valence-electron chi connectivity index (χ1n) is 19.3. The van der Waals surface area contributed by atoms with Gasteiger partial charge in [0.25, 0.3) is 0 Å². The van der Waals surface area contributed by atoms with Gasteiger partial charge in [-0.2, -0.15) is 28.8 Å². The Morgan fingerprint density at radius 1 is 0.246 bits per heavy atom. The molecule has 13 aromatic rings. The molecule has 0 saturated carbocycles. The number of hydrogen-bond donors (Lipinski definition) is 0. The van der Waals surface area contributed by atoms with Crippen molar-refractivity contribution >= 4 is 81.6 Å². The standard InChI is InChI=1S/C51H30N6/c1-7-19-37-31(13-1)25-32-14-2-8-20-38(32)49(37)43-28-46-55(52-43)47-29-44(50-39-21-9-3-15-33(39)26-34-16-4-10-22-40(34)50)54-57(47)48-30-45(53-56(46)48)51-41-23-11-5-17-35(41)27-36-18-6-12-24-42(36)51/h1-30H. The lowest BCUT2D eigenvalue weighted by molar-refractivity contribution is 0.832. The van der Waals surface area contributed by atoms with Crippen molar-refractivity contribution in [1.82, 2.24) is 28.8 Å². The minimum atomic E-state index is 0.856. The van der Waals surface area contributed by atoms with Crippen molar-refractivity contribution in [2.45, 2.75) is 0 Å². The van der Waals surface area contributed by atoms with Gasteiger partial charge >= 0.3 is 0 Å². The van der Waals surface area contributed by atoms with Gasteiger partial charge in [0.2, 0.25) is 0 Å². The number of benzene rings is 9. The van der Waals surface area contributed by atoms with E-state index in [2.05, 4.69) is 182 Å². The molecule has 4 aromatic heterocycles. The molecule has 0 radical (unpaired) electrons. The summed E-state index contributed by atoms with van der Waals surface area (Å²) in [6.07, 6.45) is 0. The maximum atomic E-state index is 5.47. The molecule has 264 valence electrons. The Labute approximate surface area is 325 Å². The summed E-state index contributed by atoms with van der Waals surface area (Å²) < 4.78 is 6.09. The second kappa shape index (κ2) is 11.4. The molecule has 0 fully saturated rings. The Bertz CT molecular complexity index is 3170. The lowest BCUT2D eigenvalue weighted by Crippen LogP contribution is -2.04. The summed E-state index contributed by atoms with van der Waals surface area (Å²) in [4.78, 5) is 0. The molecule has 0 unspecified atom stereocenters. The zero-order valence-electron chi connectivity index (χ0n) is 30.5. The van der Waals surface area contributed by atoms with E-state index in [1.165, 1.54) is 32.3 Å². The average Bonchev–Trinajstić information content (AvgIpc) is 4.01. The fraction of sp³-hybridized carbons (Fsp3) is 0. The van der Waals surface area contributed by atoms with Gasteiger partial charge in [0, 0.05) is 34.9 Å². The van der Waals surface area contributed by atoms with Gasteiger partial charge in [-0.3, -0.25) is 0 Å². The zero-order chi connectivity index (χ0) is 37.2. The van der Waals surface area contributed by atoms with Gasteiger partial charge in [-0.1, -0.05) is 146 Å². The van der Waals surface area contributed by atoms with Crippen LogP contribution in [-0.2, 0) is 0 Å². The fourth-order valence-corrected chi connectivity index (χ4v) is 9.31. The van der Waals surface area contributed by atoms with E-state index in [4.69, 9.17) is 15.3 Å². The molecule has 0 bridgehead atoms. The summed E-state index contributed by atoms with van der Waals surface area (Å²) in [5.74, 6) is 0. The van der Waals surface area contributed by atoms with Crippen molar-refractivity contribution in [3.05, 3.63) is 182 Å². The molecular formula is C51H30N6. The van der Waals surface area contributed by atoms with Crippen molar-refractivity contribution in [1.29, 1.82) is 0 Å². The fourth-order valence-electron chi connectivity index (χ4n) is 9.31. The topological polar surface area (TPSA) is 51.9 Å². The predicted molar refractivity (Wildman–Crippen MR) is 234 cm³/mol. The van der Waals surface area contributed by atoms with Gasteiger partial charge in [0.15, 0.2) is 16.9 Å². The summed E-state index contributed by atoms with van der Waals surface area (Å²) in [6.45, 7) is 0. The number of aromatic nitrogens is 6. The molecule has 0 N–H and O–H groups in total. The molecular weight excluding hydrogens is 697 g/mol. The molecule has 13 rings (SSSR count). The third-order valence-electron chi connectivity index (χ3n) is 11.8. The van der Waals surface area contributed by atoms with Crippen LogP contribution in [0.3, 0.4) is 0 Å². The third-order valence-corrected chi connectivity index (χ3v) is 11.8. The molecule has 0 amide bonds. The van der Waals surface area contributed by atoms with E-state index in [-0.39, 0.29) is 0 Å². The monoisotopic (exact) mass is 726 g/mol. The van der Waals surface area contributed by atoms with Gasteiger partial charge in [0.1, 0.15) is 0 Å². The minimum absolute atomic E-state index is 0.856. The van der Waals surface area contributed by atoms with E-state index in [9.17, 15) is 0 Å². The molecule has 0 atom stereocenters. The van der Waals surface area contributed by atoms with E-state index in [1.54, 1.807) is 0 Å². The van der Waals surface area contributed by atoms with Gasteiger partial charge < -0.3 is 0 Å². The molecule has 6 heteroatoms. The molecule has 4 heterocycles. The van der Waals surface area contributed by atoms with Crippen molar-refractivity contribution in [3.8, 4) is 33.8 Å². The van der Waals surface area contributed by atoms with Crippen LogP contribution in [0.25, 0.3) is 115 Å². The van der Waals surface area contributed by atoms with Crippen LogP contribution < -0.4 is 0 Å². The zero-order valence-corrected chi connectivity index (χ0v) is 30.5. The van der Waals surface area contributed by atoms with Crippen LogP contribution in [0.5, 0.6) is 0 Å². The first kappa shape index (κ1) is 30.5. The Morgan fingerprint density at radius 2 is 0.456 bits per heavy atom. The van der Waals surface area contributed by atoms with E-state index in [0.29, 0.717) is 0 Å². The van der Waals surface area contributed by atoms with Crippen LogP contribution in [0.1, 0.15) is 0 Å². The third kappa shape index (κ3) is 4.32. The molecule has 9 aromatic carbocycles. The van der Waals surface area contributed by atoms with E-state index in [0.717, 1.165) is 83.0 Å². The Kier molecular flexibility index (Phi) is 6.07. The molecule has 0 saturated heterocycles. The maximum absolute atomic E-state index is 5.47. The molecule has 0 aliphatic rings. The molecule has 0 aliphatic heterocycles. The smallest absolute Gasteiger partial charge is 0.162 e. The van der Waals surface area contributed by atoms with Crippen LogP contribution in [0.2, 0.25) is 0 Å². The number of rotatable bonds is 3. The first-order chi connectivity index (χ1) is 28.2. The van der Waals surface area contributed by atoms with E-state index < -0.39 is 0 Å². The van der Waals surface area contributed by atoms with Crippen LogP contribution in [0, 0.1) is 0 Å². The Balaban J connectivity index is 1.18. The molecule has 6 nitrogen and oxygen atoms in total. The summed E-state index contributed by atoms with van der Waals surface area (Å²) in [6, 6.07) is 65.0. The highest BCUT2D eigenvalue weighted by Crippen LogP contribution is 2.41. The lowest BCUT2D eigenvalue weighted by atomic mass is 9.95. The average molecular weight is 727 g/mol. The Hall–Kier alpha value is -7.83. The summed E-state index contributed by atoms with van der Waals surface area (Å²) in [7, 11) is 0. The van der Waals surface area contributed by atoms with Crippen molar-refractivity contribution in [3.63, 3.8) is 0 Å². The van der Waals surface area contributed by atoms with Crippen LogP contribution in [-0.4, -0.2) is 28.8 Å². The molecule has 57 heavy (non-hydrogen) atoms. The highest BCUT2D eigenvalue weighted by Gasteiger charge is 2.23. The van der Waals surface area contributed by atoms with E-state index in [1.807, 2.05) is 13.5 Å². The van der Waals surface area contributed by atoms with Gasteiger partial charge in [-0.15, -0.1) is 0 Å². The van der Waals surface area contributed by atoms with Crippen LogP contribution in [0.15, 0.2) is 182 Å². The first-order valence-corrected chi connectivity index (χ1v) is 19.3. The predicted octanol–water partition coefficient (Wildman–Crippen LogP) is 12.5. The quantitative estimate of drug-likeness (QED) is 0.170. The van der Waals surface area contributed by atoms with Gasteiger partial charge in [-0.05, 0) is 82.8 Å². The number of hydrogen-bond acceptors (Lipinski definition) is 3. The van der Waals surface area contributed by atoms with Crippen molar-refractivity contribution in [2.24, 2.45) is 0 Å². The second-order valence-corrected chi connectivity index (χ2v) is 15.0. The molecule has 0 spiro atoms. The van der Waals surface area contributed by atoms with Crippen LogP contribution in [0.4, 0.5) is 0 Å². The largest absolute Gasteiger partial charge is 0.196 e. The van der Waals surface area contributed by atoms with Gasteiger partial charge in [0.05, 0.1) is 17.1 Å². The Morgan fingerprint density at radius 3 is 0.684 bits per heavy atom. The second-order valence-electron chi connectivity index (χ2n) is 15.0. The number of nitrogens with zero attached hydrogens (tertiary/aromatic N) is 6.